The van der Waals surface area contributed by atoms with Crippen LogP contribution in [0.1, 0.15) is 31.2 Å². The van der Waals surface area contributed by atoms with Crippen molar-refractivity contribution in [3.63, 3.8) is 0 Å². The minimum atomic E-state index is 0.541. The van der Waals surface area contributed by atoms with Gasteiger partial charge in [0.2, 0.25) is 5.95 Å². The van der Waals surface area contributed by atoms with Crippen LogP contribution in [-0.4, -0.2) is 27.8 Å². The van der Waals surface area contributed by atoms with Gasteiger partial charge in [-0.15, -0.1) is 5.10 Å². The summed E-state index contributed by atoms with van der Waals surface area (Å²) in [4.78, 5) is 4.47. The van der Waals surface area contributed by atoms with E-state index in [9.17, 15) is 0 Å². The summed E-state index contributed by atoms with van der Waals surface area (Å²) in [5, 5.41) is 14.7. The molecule has 0 radical (unpaired) electrons. The third-order valence-electron chi connectivity index (χ3n) is 3.81. The van der Waals surface area contributed by atoms with Gasteiger partial charge in [0, 0.05) is 12.6 Å². The molecule has 0 saturated heterocycles. The van der Waals surface area contributed by atoms with E-state index in [0.717, 1.165) is 18.8 Å². The molecule has 0 atom stereocenters. The number of nitrogens with one attached hydrogen (secondary N) is 2. The fourth-order valence-electron chi connectivity index (χ4n) is 2.69. The first-order valence-electron chi connectivity index (χ1n) is 7.64. The van der Waals surface area contributed by atoms with Crippen molar-refractivity contribution in [3.05, 3.63) is 42.1 Å². The van der Waals surface area contributed by atoms with Crippen LogP contribution in [0.15, 0.2) is 36.5 Å². The molecule has 0 bridgehead atoms. The van der Waals surface area contributed by atoms with Crippen LogP contribution in [-0.2, 0) is 6.42 Å². The predicted molar refractivity (Wildman–Crippen MR) is 84.3 cm³/mol. The number of rotatable bonds is 6. The first-order chi connectivity index (χ1) is 10.4. The van der Waals surface area contributed by atoms with Crippen LogP contribution in [0, 0.1) is 0 Å². The van der Waals surface area contributed by atoms with E-state index >= 15 is 0 Å². The van der Waals surface area contributed by atoms with E-state index in [1.807, 2.05) is 6.07 Å². The zero-order valence-electron chi connectivity index (χ0n) is 12.1. The lowest BCUT2D eigenvalue weighted by molar-refractivity contribution is 0.746. The number of benzene rings is 1. The molecule has 2 aromatic rings. The lowest BCUT2D eigenvalue weighted by atomic mass is 10.1. The van der Waals surface area contributed by atoms with E-state index in [-0.39, 0.29) is 0 Å². The third kappa shape index (κ3) is 4.15. The second-order valence-corrected chi connectivity index (χ2v) is 5.45. The quantitative estimate of drug-likeness (QED) is 0.853. The molecular formula is C16H21N5. The fourth-order valence-corrected chi connectivity index (χ4v) is 2.69. The predicted octanol–water partition coefficient (Wildman–Crippen LogP) is 2.88. The Labute approximate surface area is 125 Å². The zero-order chi connectivity index (χ0) is 14.3. The maximum absolute atomic E-state index is 4.47. The highest BCUT2D eigenvalue weighted by Gasteiger charge is 2.15. The van der Waals surface area contributed by atoms with Gasteiger partial charge in [-0.1, -0.05) is 43.2 Å². The number of aromatic nitrogens is 3. The molecule has 0 unspecified atom stereocenters. The molecule has 21 heavy (non-hydrogen) atoms. The maximum Gasteiger partial charge on any atom is 0.244 e. The van der Waals surface area contributed by atoms with Crippen LogP contribution >= 0.6 is 0 Å². The van der Waals surface area contributed by atoms with Gasteiger partial charge in [-0.25, -0.2) is 0 Å². The second-order valence-electron chi connectivity index (χ2n) is 5.45. The highest BCUT2D eigenvalue weighted by molar-refractivity contribution is 5.38. The molecule has 2 N–H and O–H groups in total. The standard InChI is InChI=1S/C16H21N5/c1-2-6-13(7-3-1)10-11-17-16-20-15(12-18-21-16)19-14-8-4-5-9-14/h1-3,6-7,12,14H,4-5,8-11H2,(H2,17,19,20,21). The third-order valence-corrected chi connectivity index (χ3v) is 3.81. The van der Waals surface area contributed by atoms with Gasteiger partial charge >= 0.3 is 0 Å². The molecule has 0 aliphatic heterocycles. The molecular weight excluding hydrogens is 262 g/mol. The molecule has 1 aliphatic carbocycles. The average Bonchev–Trinajstić information content (AvgIpc) is 3.02. The van der Waals surface area contributed by atoms with Gasteiger partial charge in [0.1, 0.15) is 0 Å². The van der Waals surface area contributed by atoms with E-state index in [1.54, 1.807) is 6.20 Å². The van der Waals surface area contributed by atoms with Crippen LogP contribution in [0.5, 0.6) is 0 Å². The van der Waals surface area contributed by atoms with Gasteiger partial charge in [-0.3, -0.25) is 0 Å². The van der Waals surface area contributed by atoms with E-state index in [2.05, 4.69) is 50.1 Å². The maximum atomic E-state index is 4.47. The summed E-state index contributed by atoms with van der Waals surface area (Å²) in [5.74, 6) is 1.41. The van der Waals surface area contributed by atoms with Crippen molar-refractivity contribution >= 4 is 11.8 Å². The van der Waals surface area contributed by atoms with Crippen molar-refractivity contribution in [2.45, 2.75) is 38.1 Å². The summed E-state index contributed by atoms with van der Waals surface area (Å²) >= 11 is 0. The van der Waals surface area contributed by atoms with Crippen LogP contribution < -0.4 is 10.6 Å². The Morgan fingerprint density at radius 1 is 1.10 bits per heavy atom. The largest absolute Gasteiger partial charge is 0.366 e. The Kier molecular flexibility index (Phi) is 4.61. The number of hydrogen-bond donors (Lipinski definition) is 2. The number of nitrogens with zero attached hydrogens (tertiary/aromatic N) is 3. The molecule has 5 nitrogen and oxygen atoms in total. The Hall–Kier alpha value is -2.17. The van der Waals surface area contributed by atoms with Gasteiger partial charge in [0.15, 0.2) is 5.82 Å². The SMILES string of the molecule is c1ccc(CCNc2nncc(NC3CCCC3)n2)cc1. The minimum Gasteiger partial charge on any atom is -0.366 e. The molecule has 1 saturated carbocycles. The smallest absolute Gasteiger partial charge is 0.244 e. The van der Waals surface area contributed by atoms with Crippen molar-refractivity contribution in [2.24, 2.45) is 0 Å². The summed E-state index contributed by atoms with van der Waals surface area (Å²) in [6, 6.07) is 10.9. The fraction of sp³-hybridized carbons (Fsp3) is 0.438. The van der Waals surface area contributed by atoms with Crippen molar-refractivity contribution < 1.29 is 0 Å². The lowest BCUT2D eigenvalue weighted by Gasteiger charge is -2.12. The summed E-state index contributed by atoms with van der Waals surface area (Å²) < 4.78 is 0. The molecule has 110 valence electrons. The number of anilines is 2. The minimum absolute atomic E-state index is 0.541. The summed E-state index contributed by atoms with van der Waals surface area (Å²) in [5.41, 5.74) is 1.30. The molecule has 1 aliphatic rings. The van der Waals surface area contributed by atoms with Crippen molar-refractivity contribution in [3.8, 4) is 0 Å². The highest BCUT2D eigenvalue weighted by Crippen LogP contribution is 2.21. The molecule has 1 aromatic heterocycles. The molecule has 5 heteroatoms. The van der Waals surface area contributed by atoms with Crippen LogP contribution in [0.4, 0.5) is 11.8 Å². The monoisotopic (exact) mass is 283 g/mol. The summed E-state index contributed by atoms with van der Waals surface area (Å²) in [6.45, 7) is 0.804. The molecule has 3 rings (SSSR count). The molecule has 0 amide bonds. The van der Waals surface area contributed by atoms with Gasteiger partial charge < -0.3 is 10.6 Å². The average molecular weight is 283 g/mol. The van der Waals surface area contributed by atoms with E-state index in [1.165, 1.54) is 31.2 Å². The van der Waals surface area contributed by atoms with Gasteiger partial charge in [-0.05, 0) is 24.8 Å². The Balaban J connectivity index is 1.51. The van der Waals surface area contributed by atoms with Crippen molar-refractivity contribution in [1.29, 1.82) is 0 Å². The van der Waals surface area contributed by atoms with E-state index in [4.69, 9.17) is 0 Å². The highest BCUT2D eigenvalue weighted by atomic mass is 15.3. The van der Waals surface area contributed by atoms with Gasteiger partial charge in [-0.2, -0.15) is 10.1 Å². The van der Waals surface area contributed by atoms with Gasteiger partial charge in [0.05, 0.1) is 6.20 Å². The lowest BCUT2D eigenvalue weighted by Crippen LogP contribution is -2.17. The normalized spacial score (nSPS) is 15.0. The van der Waals surface area contributed by atoms with E-state index < -0.39 is 0 Å². The number of hydrogen-bond acceptors (Lipinski definition) is 5. The molecule has 1 heterocycles. The zero-order valence-corrected chi connectivity index (χ0v) is 12.1. The Bertz CT molecular complexity index is 552. The van der Waals surface area contributed by atoms with Crippen molar-refractivity contribution in [2.75, 3.05) is 17.2 Å². The first kappa shape index (κ1) is 13.8. The van der Waals surface area contributed by atoms with Crippen LogP contribution in [0.25, 0.3) is 0 Å². The van der Waals surface area contributed by atoms with Crippen molar-refractivity contribution in [1.82, 2.24) is 15.2 Å². The molecule has 0 spiro atoms. The second kappa shape index (κ2) is 7.02. The molecule has 1 aromatic carbocycles. The van der Waals surface area contributed by atoms with Gasteiger partial charge in [0.25, 0.3) is 0 Å². The Morgan fingerprint density at radius 3 is 2.71 bits per heavy atom. The molecule has 1 fully saturated rings. The summed E-state index contributed by atoms with van der Waals surface area (Å²) in [7, 11) is 0. The Morgan fingerprint density at radius 2 is 1.90 bits per heavy atom. The summed E-state index contributed by atoms with van der Waals surface area (Å²) in [6.07, 6.45) is 7.70. The topological polar surface area (TPSA) is 62.7 Å². The van der Waals surface area contributed by atoms with E-state index in [0.29, 0.717) is 12.0 Å². The van der Waals surface area contributed by atoms with Crippen LogP contribution in [0.2, 0.25) is 0 Å². The first-order valence-corrected chi connectivity index (χ1v) is 7.64. The van der Waals surface area contributed by atoms with Crippen LogP contribution in [0.3, 0.4) is 0 Å².